The predicted molar refractivity (Wildman–Crippen MR) is 78.9 cm³/mol. The van der Waals surface area contributed by atoms with E-state index in [1.54, 1.807) is 34.2 Å². The van der Waals surface area contributed by atoms with Gasteiger partial charge in [0.1, 0.15) is 6.61 Å². The first-order chi connectivity index (χ1) is 10.1. The first kappa shape index (κ1) is 15.0. The molecule has 0 saturated heterocycles. The molecule has 0 radical (unpaired) electrons. The summed E-state index contributed by atoms with van der Waals surface area (Å²) in [6.45, 7) is 2.34. The Morgan fingerprint density at radius 3 is 2.67 bits per heavy atom. The Balaban J connectivity index is 1.82. The van der Waals surface area contributed by atoms with E-state index < -0.39 is 0 Å². The Bertz CT molecular complexity index is 723. The van der Waals surface area contributed by atoms with Crippen molar-refractivity contribution in [3.63, 3.8) is 0 Å². The van der Waals surface area contributed by atoms with Crippen molar-refractivity contribution in [2.75, 3.05) is 0 Å². The lowest BCUT2D eigenvalue weighted by atomic mass is 10.2. The summed E-state index contributed by atoms with van der Waals surface area (Å²) in [7, 11) is 0. The monoisotopic (exact) mass is 302 g/mol. The second-order valence-electron chi connectivity index (χ2n) is 4.51. The Kier molecular flexibility index (Phi) is 4.90. The zero-order valence-electron chi connectivity index (χ0n) is 11.5. The summed E-state index contributed by atoms with van der Waals surface area (Å²) < 4.78 is 6.71. The number of hydrogen-bond acceptors (Lipinski definition) is 5. The number of ether oxygens (including phenoxy) is 1. The first-order valence-electron chi connectivity index (χ1n) is 6.40. The van der Waals surface area contributed by atoms with Gasteiger partial charge in [0.05, 0.1) is 18.1 Å². The lowest BCUT2D eigenvalue weighted by molar-refractivity contribution is -0.145. The van der Waals surface area contributed by atoms with E-state index in [-0.39, 0.29) is 23.9 Å². The van der Waals surface area contributed by atoms with Crippen molar-refractivity contribution in [2.45, 2.75) is 26.5 Å². The Labute approximate surface area is 126 Å². The quantitative estimate of drug-likeness (QED) is 0.794. The van der Waals surface area contributed by atoms with Gasteiger partial charge in [0.2, 0.25) is 0 Å². The highest BCUT2D eigenvalue weighted by Gasteiger charge is 2.07. The molecule has 0 atom stereocenters. The minimum atomic E-state index is -0.350. The van der Waals surface area contributed by atoms with E-state index in [4.69, 9.17) is 10.00 Å². The summed E-state index contributed by atoms with van der Waals surface area (Å²) in [6, 6.07) is 8.88. The number of aromatic nitrogens is 1. The van der Waals surface area contributed by atoms with E-state index >= 15 is 0 Å². The van der Waals surface area contributed by atoms with E-state index in [2.05, 4.69) is 0 Å². The van der Waals surface area contributed by atoms with Gasteiger partial charge in [-0.25, -0.2) is 0 Å². The number of hydrogen-bond donors (Lipinski definition) is 0. The van der Waals surface area contributed by atoms with Gasteiger partial charge < -0.3 is 9.30 Å². The summed E-state index contributed by atoms with van der Waals surface area (Å²) in [5.74, 6) is -0.350. The van der Waals surface area contributed by atoms with Crippen molar-refractivity contribution in [1.29, 1.82) is 5.26 Å². The largest absolute Gasteiger partial charge is 0.461 e. The van der Waals surface area contributed by atoms with Crippen LogP contribution in [-0.2, 0) is 22.7 Å². The molecule has 1 aromatic carbocycles. The van der Waals surface area contributed by atoms with Crippen molar-refractivity contribution in [3.05, 3.63) is 56.1 Å². The second-order valence-corrected chi connectivity index (χ2v) is 5.33. The molecule has 6 heteroatoms. The fourth-order valence-electron chi connectivity index (χ4n) is 1.79. The van der Waals surface area contributed by atoms with Gasteiger partial charge in [-0.2, -0.15) is 5.26 Å². The molecule has 0 fully saturated rings. The molecule has 0 amide bonds. The van der Waals surface area contributed by atoms with Crippen LogP contribution in [0, 0.1) is 18.3 Å². The topological polar surface area (TPSA) is 72.1 Å². The van der Waals surface area contributed by atoms with E-state index in [1.165, 1.54) is 0 Å². The van der Waals surface area contributed by atoms with Crippen LogP contribution in [0.1, 0.15) is 23.2 Å². The molecule has 0 aliphatic rings. The molecule has 0 bridgehead atoms. The third-order valence-corrected chi connectivity index (χ3v) is 3.88. The Morgan fingerprint density at radius 1 is 1.38 bits per heavy atom. The maximum Gasteiger partial charge on any atom is 0.307 e. The first-order valence-corrected chi connectivity index (χ1v) is 7.27. The molecular weight excluding hydrogens is 288 g/mol. The van der Waals surface area contributed by atoms with Gasteiger partial charge in [-0.3, -0.25) is 9.59 Å². The van der Waals surface area contributed by atoms with E-state index in [0.29, 0.717) is 12.1 Å². The molecule has 0 aliphatic heterocycles. The number of thiazole rings is 1. The summed E-state index contributed by atoms with van der Waals surface area (Å²) >= 11 is 1.13. The highest BCUT2D eigenvalue weighted by Crippen LogP contribution is 2.06. The van der Waals surface area contributed by atoms with Crippen LogP contribution in [0.3, 0.4) is 0 Å². The minimum absolute atomic E-state index is 0.0626. The molecular formula is C15H14N2O3S. The maximum atomic E-state index is 11.7. The van der Waals surface area contributed by atoms with Gasteiger partial charge in [-0.05, 0) is 24.6 Å². The molecule has 5 nitrogen and oxygen atoms in total. The van der Waals surface area contributed by atoms with E-state index in [1.807, 2.05) is 13.0 Å². The normalized spacial score (nSPS) is 10.1. The van der Waals surface area contributed by atoms with Crippen molar-refractivity contribution in [1.82, 2.24) is 4.57 Å². The number of carbonyl (C=O) groups excluding carboxylic acids is 1. The number of nitriles is 1. The number of benzene rings is 1. The molecule has 1 aromatic heterocycles. The van der Waals surface area contributed by atoms with Crippen LogP contribution >= 0.6 is 11.3 Å². The zero-order valence-corrected chi connectivity index (χ0v) is 12.4. The molecule has 21 heavy (non-hydrogen) atoms. The smallest absolute Gasteiger partial charge is 0.307 e. The van der Waals surface area contributed by atoms with Gasteiger partial charge in [-0.15, -0.1) is 0 Å². The Morgan fingerprint density at radius 2 is 2.10 bits per heavy atom. The molecule has 2 aromatic rings. The van der Waals surface area contributed by atoms with Crippen molar-refractivity contribution in [3.8, 4) is 6.07 Å². The number of carbonyl (C=O) groups is 1. The average molecular weight is 302 g/mol. The van der Waals surface area contributed by atoms with Crippen molar-refractivity contribution in [2.24, 2.45) is 0 Å². The highest BCUT2D eigenvalue weighted by atomic mass is 32.1. The van der Waals surface area contributed by atoms with Crippen LogP contribution < -0.4 is 4.87 Å². The summed E-state index contributed by atoms with van der Waals surface area (Å²) in [4.78, 5) is 23.1. The molecule has 0 spiro atoms. The van der Waals surface area contributed by atoms with Gasteiger partial charge in [0, 0.05) is 17.6 Å². The summed E-state index contributed by atoms with van der Waals surface area (Å²) in [6.07, 6.45) is 0.160. The molecule has 0 N–H and O–H groups in total. The van der Waals surface area contributed by atoms with Crippen LogP contribution in [0.25, 0.3) is 0 Å². The van der Waals surface area contributed by atoms with Crippen LogP contribution in [0.4, 0.5) is 0 Å². The number of nitrogens with zero attached hydrogens (tertiary/aromatic N) is 2. The van der Waals surface area contributed by atoms with Gasteiger partial charge in [0.15, 0.2) is 0 Å². The molecule has 0 saturated carbocycles. The predicted octanol–water partition coefficient (Wildman–Crippen LogP) is 2.22. The molecule has 2 rings (SSSR count). The van der Waals surface area contributed by atoms with Crippen molar-refractivity contribution >= 4 is 17.3 Å². The third kappa shape index (κ3) is 4.04. The van der Waals surface area contributed by atoms with Crippen LogP contribution in [0.15, 0.2) is 34.4 Å². The fraction of sp³-hybridized carbons (Fsp3) is 0.267. The van der Waals surface area contributed by atoms with E-state index in [9.17, 15) is 9.59 Å². The van der Waals surface area contributed by atoms with Crippen LogP contribution in [0.2, 0.25) is 0 Å². The number of aryl methyl sites for hydroxylation is 1. The standard InChI is InChI=1S/C15H14N2O3S/c1-11-10-21-15(19)17(11)7-6-14(18)20-9-13-4-2-12(8-16)3-5-13/h2-5,10H,6-7,9H2,1H3. The van der Waals surface area contributed by atoms with Gasteiger partial charge in [0.25, 0.3) is 0 Å². The average Bonchev–Trinajstić information content (AvgIpc) is 2.82. The van der Waals surface area contributed by atoms with Crippen LogP contribution in [0.5, 0.6) is 0 Å². The summed E-state index contributed by atoms with van der Waals surface area (Å²) in [5.41, 5.74) is 2.24. The summed E-state index contributed by atoms with van der Waals surface area (Å²) in [5, 5.41) is 10.5. The molecule has 108 valence electrons. The van der Waals surface area contributed by atoms with Gasteiger partial charge in [-0.1, -0.05) is 23.5 Å². The second kappa shape index (κ2) is 6.86. The van der Waals surface area contributed by atoms with Crippen LogP contribution in [-0.4, -0.2) is 10.5 Å². The maximum absolute atomic E-state index is 11.7. The number of esters is 1. The SMILES string of the molecule is Cc1csc(=O)n1CCC(=O)OCc1ccc(C#N)cc1. The van der Waals surface area contributed by atoms with Gasteiger partial charge >= 0.3 is 10.8 Å². The highest BCUT2D eigenvalue weighted by molar-refractivity contribution is 7.07. The van der Waals surface area contributed by atoms with Crippen molar-refractivity contribution < 1.29 is 9.53 Å². The molecule has 1 heterocycles. The lowest BCUT2D eigenvalue weighted by Gasteiger charge is -2.06. The van der Waals surface area contributed by atoms with E-state index in [0.717, 1.165) is 22.6 Å². The number of rotatable bonds is 5. The third-order valence-electron chi connectivity index (χ3n) is 3.00. The fourth-order valence-corrected chi connectivity index (χ4v) is 2.55. The molecule has 0 aliphatic carbocycles. The Hall–Kier alpha value is -2.39. The zero-order chi connectivity index (χ0) is 15.2. The molecule has 0 unspecified atom stereocenters. The minimum Gasteiger partial charge on any atom is -0.461 e. The lowest BCUT2D eigenvalue weighted by Crippen LogP contribution is -2.17.